The lowest BCUT2D eigenvalue weighted by molar-refractivity contribution is 1.10. The molecule has 5 heteroatoms. The molecule has 90 valence electrons. The zero-order chi connectivity index (χ0) is 12.3. The molecule has 0 fully saturated rings. The summed E-state index contributed by atoms with van der Waals surface area (Å²) in [5, 5.41) is 7.09. The summed E-state index contributed by atoms with van der Waals surface area (Å²) < 4.78 is 0. The Bertz CT molecular complexity index is 483. The Balaban J connectivity index is 2.05. The molecule has 1 aromatic carbocycles. The maximum atomic E-state index is 6.19. The second kappa shape index (κ2) is 5.38. The molecule has 0 unspecified atom stereocenters. The first-order valence-electron chi connectivity index (χ1n) is 5.26. The van der Waals surface area contributed by atoms with Gasteiger partial charge in [-0.2, -0.15) is 0 Å². The highest BCUT2D eigenvalue weighted by molar-refractivity contribution is 7.09. The van der Waals surface area contributed by atoms with Crippen molar-refractivity contribution in [3.63, 3.8) is 0 Å². The normalized spacial score (nSPS) is 10.3. The van der Waals surface area contributed by atoms with Crippen LogP contribution in [0.5, 0.6) is 0 Å². The molecule has 0 saturated carbocycles. The number of thiazole rings is 1. The molecule has 1 N–H and O–H groups in total. The number of anilines is 2. The lowest BCUT2D eigenvalue weighted by atomic mass is 10.2. The van der Waals surface area contributed by atoms with Gasteiger partial charge in [-0.05, 0) is 18.2 Å². The predicted molar refractivity (Wildman–Crippen MR) is 75.2 cm³/mol. The van der Waals surface area contributed by atoms with E-state index in [4.69, 9.17) is 11.6 Å². The predicted octanol–water partition coefficient (Wildman–Crippen LogP) is 3.47. The highest BCUT2D eigenvalue weighted by Crippen LogP contribution is 2.27. The first-order valence-corrected chi connectivity index (χ1v) is 6.51. The van der Waals surface area contributed by atoms with Gasteiger partial charge in [0, 0.05) is 31.4 Å². The summed E-state index contributed by atoms with van der Waals surface area (Å²) in [5.74, 6) is 0. The minimum Gasteiger partial charge on any atom is -0.378 e. The van der Waals surface area contributed by atoms with Gasteiger partial charge in [0.2, 0.25) is 0 Å². The first kappa shape index (κ1) is 12.2. The van der Waals surface area contributed by atoms with Crippen molar-refractivity contribution < 1.29 is 0 Å². The van der Waals surface area contributed by atoms with E-state index < -0.39 is 0 Å². The molecule has 0 aliphatic heterocycles. The van der Waals surface area contributed by atoms with Crippen LogP contribution in [-0.2, 0) is 6.54 Å². The lowest BCUT2D eigenvalue weighted by Gasteiger charge is -2.15. The molecule has 3 nitrogen and oxygen atoms in total. The van der Waals surface area contributed by atoms with Crippen LogP contribution in [0.15, 0.2) is 29.8 Å². The average Bonchev–Trinajstić information content (AvgIpc) is 2.78. The number of nitrogens with one attached hydrogen (secondary N) is 1. The van der Waals surface area contributed by atoms with E-state index in [-0.39, 0.29) is 0 Å². The van der Waals surface area contributed by atoms with Gasteiger partial charge in [0.15, 0.2) is 0 Å². The maximum absolute atomic E-state index is 6.19. The van der Waals surface area contributed by atoms with Crippen LogP contribution in [-0.4, -0.2) is 19.1 Å². The van der Waals surface area contributed by atoms with Crippen molar-refractivity contribution in [2.75, 3.05) is 24.3 Å². The SMILES string of the molecule is CN(C)c1ccc(NCc2nccs2)cc1Cl. The molecule has 0 spiro atoms. The van der Waals surface area contributed by atoms with E-state index in [2.05, 4.69) is 10.3 Å². The number of benzene rings is 1. The Hall–Kier alpha value is -1.26. The van der Waals surface area contributed by atoms with E-state index in [1.54, 1.807) is 11.3 Å². The minimum absolute atomic E-state index is 0.731. The Kier molecular flexibility index (Phi) is 3.86. The molecule has 17 heavy (non-hydrogen) atoms. The summed E-state index contributed by atoms with van der Waals surface area (Å²) in [5.41, 5.74) is 2.03. The van der Waals surface area contributed by atoms with Crippen molar-refractivity contribution in [2.45, 2.75) is 6.54 Å². The summed E-state index contributed by atoms with van der Waals surface area (Å²) >= 11 is 7.83. The molecule has 0 saturated heterocycles. The van der Waals surface area contributed by atoms with Gasteiger partial charge in [-0.15, -0.1) is 11.3 Å². The van der Waals surface area contributed by atoms with E-state index in [0.717, 1.165) is 27.9 Å². The molecule has 0 radical (unpaired) electrons. The fourth-order valence-corrected chi connectivity index (χ4v) is 2.40. The van der Waals surface area contributed by atoms with Crippen molar-refractivity contribution in [1.29, 1.82) is 0 Å². The van der Waals surface area contributed by atoms with Gasteiger partial charge < -0.3 is 10.2 Å². The van der Waals surface area contributed by atoms with Gasteiger partial charge in [0.1, 0.15) is 5.01 Å². The molecule has 1 aromatic heterocycles. The summed E-state index contributed by atoms with van der Waals surface area (Å²) in [6.07, 6.45) is 1.81. The minimum atomic E-state index is 0.731. The second-order valence-electron chi connectivity index (χ2n) is 3.84. The average molecular weight is 268 g/mol. The third-order valence-electron chi connectivity index (χ3n) is 2.36. The fourth-order valence-electron chi connectivity index (χ4n) is 1.50. The van der Waals surface area contributed by atoms with Crippen molar-refractivity contribution in [1.82, 2.24) is 4.98 Å². The quantitative estimate of drug-likeness (QED) is 0.919. The first-order chi connectivity index (χ1) is 8.16. The van der Waals surface area contributed by atoms with Crippen LogP contribution >= 0.6 is 22.9 Å². The molecule has 0 bridgehead atoms. The number of halogens is 1. The standard InChI is InChI=1S/C12H14ClN3S/c1-16(2)11-4-3-9(7-10(11)13)15-8-12-14-5-6-17-12/h3-7,15H,8H2,1-2H3. The third kappa shape index (κ3) is 3.11. The number of rotatable bonds is 4. The van der Waals surface area contributed by atoms with Crippen LogP contribution in [0.25, 0.3) is 0 Å². The largest absolute Gasteiger partial charge is 0.378 e. The number of hydrogen-bond donors (Lipinski definition) is 1. The molecule has 2 rings (SSSR count). The molecular weight excluding hydrogens is 254 g/mol. The Labute approximate surface area is 110 Å². The summed E-state index contributed by atoms with van der Waals surface area (Å²) in [6.45, 7) is 0.731. The number of aromatic nitrogens is 1. The number of hydrogen-bond acceptors (Lipinski definition) is 4. The van der Waals surface area contributed by atoms with Gasteiger partial charge in [-0.1, -0.05) is 11.6 Å². The lowest BCUT2D eigenvalue weighted by Crippen LogP contribution is -2.09. The molecule has 2 aromatic rings. The zero-order valence-corrected chi connectivity index (χ0v) is 11.3. The monoisotopic (exact) mass is 267 g/mol. The van der Waals surface area contributed by atoms with Crippen LogP contribution in [0.1, 0.15) is 5.01 Å². The molecule has 0 atom stereocenters. The smallest absolute Gasteiger partial charge is 0.112 e. The molecule has 0 aliphatic rings. The Morgan fingerprint density at radius 2 is 2.24 bits per heavy atom. The van der Waals surface area contributed by atoms with Crippen LogP contribution < -0.4 is 10.2 Å². The van der Waals surface area contributed by atoms with Crippen LogP contribution in [0.4, 0.5) is 11.4 Å². The van der Waals surface area contributed by atoms with Crippen LogP contribution in [0, 0.1) is 0 Å². The summed E-state index contributed by atoms with van der Waals surface area (Å²) in [7, 11) is 3.95. The molecule has 0 amide bonds. The summed E-state index contributed by atoms with van der Waals surface area (Å²) in [6, 6.07) is 5.96. The number of nitrogens with zero attached hydrogens (tertiary/aromatic N) is 2. The van der Waals surface area contributed by atoms with Crippen molar-refractivity contribution in [2.24, 2.45) is 0 Å². The van der Waals surface area contributed by atoms with Gasteiger partial charge in [-0.25, -0.2) is 4.98 Å². The molecule has 1 heterocycles. The zero-order valence-electron chi connectivity index (χ0n) is 9.77. The van der Waals surface area contributed by atoms with Crippen LogP contribution in [0.2, 0.25) is 5.02 Å². The highest BCUT2D eigenvalue weighted by atomic mass is 35.5. The highest BCUT2D eigenvalue weighted by Gasteiger charge is 2.03. The van der Waals surface area contributed by atoms with Crippen molar-refractivity contribution >= 4 is 34.3 Å². The fraction of sp³-hybridized carbons (Fsp3) is 0.250. The molecule has 0 aliphatic carbocycles. The van der Waals surface area contributed by atoms with Crippen molar-refractivity contribution in [3.8, 4) is 0 Å². The Morgan fingerprint density at radius 3 is 2.82 bits per heavy atom. The van der Waals surface area contributed by atoms with E-state index in [9.17, 15) is 0 Å². The Morgan fingerprint density at radius 1 is 1.41 bits per heavy atom. The van der Waals surface area contributed by atoms with Gasteiger partial charge >= 0.3 is 0 Å². The molecular formula is C12H14ClN3S. The summed E-state index contributed by atoms with van der Waals surface area (Å²) in [4.78, 5) is 6.21. The van der Waals surface area contributed by atoms with E-state index >= 15 is 0 Å². The van der Waals surface area contributed by atoms with Gasteiger partial charge in [0.25, 0.3) is 0 Å². The van der Waals surface area contributed by atoms with Crippen molar-refractivity contribution in [3.05, 3.63) is 39.8 Å². The van der Waals surface area contributed by atoms with E-state index in [0.29, 0.717) is 0 Å². The topological polar surface area (TPSA) is 28.2 Å². The van der Waals surface area contributed by atoms with Crippen LogP contribution in [0.3, 0.4) is 0 Å². The van der Waals surface area contributed by atoms with E-state index in [1.165, 1.54) is 0 Å². The second-order valence-corrected chi connectivity index (χ2v) is 5.23. The van der Waals surface area contributed by atoms with Gasteiger partial charge in [0.05, 0.1) is 17.3 Å². The third-order valence-corrected chi connectivity index (χ3v) is 3.44. The van der Waals surface area contributed by atoms with E-state index in [1.807, 2.05) is 48.8 Å². The van der Waals surface area contributed by atoms with Gasteiger partial charge in [-0.3, -0.25) is 0 Å². The maximum Gasteiger partial charge on any atom is 0.112 e.